The van der Waals surface area contributed by atoms with Crippen LogP contribution in [-0.2, 0) is 18.3 Å². The van der Waals surface area contributed by atoms with Crippen LogP contribution in [0.25, 0.3) is 0 Å². The van der Waals surface area contributed by atoms with E-state index in [-0.39, 0.29) is 5.91 Å². The molecule has 0 aliphatic carbocycles. The van der Waals surface area contributed by atoms with Crippen LogP contribution in [0.2, 0.25) is 0 Å². The van der Waals surface area contributed by atoms with Crippen molar-refractivity contribution in [3.8, 4) is 0 Å². The molecule has 1 aliphatic heterocycles. The van der Waals surface area contributed by atoms with Gasteiger partial charge in [0.25, 0.3) is 5.91 Å². The van der Waals surface area contributed by atoms with E-state index in [0.29, 0.717) is 31.4 Å². The molecular weight excluding hydrogens is 258 g/mol. The number of amides is 1. The fourth-order valence-electron chi connectivity index (χ4n) is 3.04. The number of carbonyl (C=O) groups is 2. The molecule has 1 fully saturated rings. The highest BCUT2D eigenvalue weighted by molar-refractivity contribution is 5.99. The van der Waals surface area contributed by atoms with E-state index in [1.165, 1.54) is 4.90 Å². The lowest BCUT2D eigenvalue weighted by Gasteiger charge is -2.33. The summed E-state index contributed by atoms with van der Waals surface area (Å²) in [6.45, 7) is 4.26. The lowest BCUT2D eigenvalue weighted by Crippen LogP contribution is -2.52. The van der Waals surface area contributed by atoms with Crippen LogP contribution in [0.1, 0.15) is 49.2 Å². The number of aliphatic carboxylic acids is 1. The number of carboxylic acids is 1. The molecule has 2 rings (SSSR count). The first-order chi connectivity index (χ1) is 9.46. The third-order valence-corrected chi connectivity index (χ3v) is 4.19. The third-order valence-electron chi connectivity index (χ3n) is 4.19. The molecule has 0 bridgehead atoms. The normalized spacial score (nSPS) is 22.2. The minimum atomic E-state index is -1.06. The Hall–Kier alpha value is -1.85. The topological polar surface area (TPSA) is 75.4 Å². The fourth-order valence-corrected chi connectivity index (χ4v) is 3.04. The number of hydrogen-bond acceptors (Lipinski definition) is 3. The Labute approximate surface area is 118 Å². The average molecular weight is 279 g/mol. The maximum Gasteiger partial charge on any atom is 0.329 e. The molecule has 110 valence electrons. The predicted octanol–water partition coefficient (Wildman–Crippen LogP) is 1.45. The molecule has 1 atom stereocenters. The number of rotatable bonds is 4. The van der Waals surface area contributed by atoms with Crippen molar-refractivity contribution in [3.63, 3.8) is 0 Å². The van der Waals surface area contributed by atoms with Crippen LogP contribution >= 0.6 is 0 Å². The minimum Gasteiger partial charge on any atom is -0.479 e. The summed E-state index contributed by atoms with van der Waals surface area (Å²) >= 11 is 0. The summed E-state index contributed by atoms with van der Waals surface area (Å²) in [5, 5.41) is 13.8. The maximum absolute atomic E-state index is 12.7. The second kappa shape index (κ2) is 5.26. The highest BCUT2D eigenvalue weighted by Crippen LogP contribution is 2.34. The van der Waals surface area contributed by atoms with Gasteiger partial charge in [0.05, 0.1) is 11.3 Å². The first-order valence-corrected chi connectivity index (χ1v) is 7.04. The van der Waals surface area contributed by atoms with E-state index in [2.05, 4.69) is 5.10 Å². The van der Waals surface area contributed by atoms with Gasteiger partial charge in [-0.05, 0) is 25.7 Å². The van der Waals surface area contributed by atoms with Gasteiger partial charge in [0.2, 0.25) is 0 Å². The summed E-state index contributed by atoms with van der Waals surface area (Å²) in [5.74, 6) is -1.12. The highest BCUT2D eigenvalue weighted by atomic mass is 16.4. The van der Waals surface area contributed by atoms with Crippen LogP contribution in [-0.4, -0.2) is 43.7 Å². The van der Waals surface area contributed by atoms with E-state index in [9.17, 15) is 14.7 Å². The first-order valence-electron chi connectivity index (χ1n) is 7.04. The Balaban J connectivity index is 2.39. The maximum atomic E-state index is 12.7. The van der Waals surface area contributed by atoms with Crippen LogP contribution < -0.4 is 0 Å². The van der Waals surface area contributed by atoms with Crippen molar-refractivity contribution < 1.29 is 14.7 Å². The Bertz CT molecular complexity index is 538. The minimum absolute atomic E-state index is 0.211. The number of carbonyl (C=O) groups excluding carboxylic acids is 1. The molecule has 1 saturated heterocycles. The monoisotopic (exact) mass is 279 g/mol. The molecule has 1 amide bonds. The lowest BCUT2D eigenvalue weighted by atomic mass is 9.92. The summed E-state index contributed by atoms with van der Waals surface area (Å²) in [5.41, 5.74) is 0.188. The molecule has 0 aromatic carbocycles. The van der Waals surface area contributed by atoms with Gasteiger partial charge in [0.15, 0.2) is 0 Å². The third kappa shape index (κ3) is 2.09. The van der Waals surface area contributed by atoms with Crippen molar-refractivity contribution in [1.29, 1.82) is 0 Å². The van der Waals surface area contributed by atoms with E-state index in [1.807, 2.05) is 13.8 Å². The fraction of sp³-hybridized carbons (Fsp3) is 0.643. The number of nitrogens with zero attached hydrogens (tertiary/aromatic N) is 3. The molecule has 1 aromatic rings. The Morgan fingerprint density at radius 2 is 2.15 bits per heavy atom. The van der Waals surface area contributed by atoms with Gasteiger partial charge in [0.1, 0.15) is 5.54 Å². The van der Waals surface area contributed by atoms with E-state index in [1.54, 1.807) is 17.9 Å². The largest absolute Gasteiger partial charge is 0.479 e. The van der Waals surface area contributed by atoms with Crippen molar-refractivity contribution in [2.45, 2.75) is 45.1 Å². The van der Waals surface area contributed by atoms with E-state index >= 15 is 0 Å². The summed E-state index contributed by atoms with van der Waals surface area (Å²) < 4.78 is 1.61. The number of likely N-dealkylation sites (tertiary alicyclic amines) is 1. The van der Waals surface area contributed by atoms with E-state index in [0.717, 1.165) is 12.1 Å². The van der Waals surface area contributed by atoms with Gasteiger partial charge >= 0.3 is 5.97 Å². The Kier molecular flexibility index (Phi) is 3.83. The van der Waals surface area contributed by atoms with Crippen LogP contribution in [0.3, 0.4) is 0 Å². The van der Waals surface area contributed by atoms with Gasteiger partial charge < -0.3 is 10.0 Å². The van der Waals surface area contributed by atoms with Crippen molar-refractivity contribution in [2.24, 2.45) is 7.05 Å². The van der Waals surface area contributed by atoms with Crippen molar-refractivity contribution in [1.82, 2.24) is 14.7 Å². The van der Waals surface area contributed by atoms with Gasteiger partial charge in [-0.1, -0.05) is 13.8 Å². The second-order valence-corrected chi connectivity index (χ2v) is 5.27. The number of hydrogen-bond donors (Lipinski definition) is 1. The molecule has 2 heterocycles. The number of carboxylic acid groups (broad SMARTS) is 1. The SMILES string of the molecule is CCc1nn(C)cc1C(=O)N1CCCC1(CC)C(=O)O. The van der Waals surface area contributed by atoms with Gasteiger partial charge in [-0.15, -0.1) is 0 Å². The highest BCUT2D eigenvalue weighted by Gasteiger charge is 2.49. The zero-order chi connectivity index (χ0) is 14.9. The molecule has 0 spiro atoms. The summed E-state index contributed by atoms with van der Waals surface area (Å²) in [7, 11) is 1.77. The number of aromatic nitrogens is 2. The van der Waals surface area contributed by atoms with Gasteiger partial charge in [-0.3, -0.25) is 9.48 Å². The molecule has 1 unspecified atom stereocenters. The second-order valence-electron chi connectivity index (χ2n) is 5.27. The molecule has 1 N–H and O–H groups in total. The molecule has 6 heteroatoms. The van der Waals surface area contributed by atoms with Crippen LogP contribution in [0.4, 0.5) is 0 Å². The van der Waals surface area contributed by atoms with Gasteiger partial charge in [0, 0.05) is 19.8 Å². The number of aryl methyl sites for hydroxylation is 2. The summed E-state index contributed by atoms with van der Waals surface area (Å²) in [4.78, 5) is 25.9. The molecule has 6 nitrogen and oxygen atoms in total. The lowest BCUT2D eigenvalue weighted by molar-refractivity contribution is -0.148. The first kappa shape index (κ1) is 14.6. The quantitative estimate of drug-likeness (QED) is 0.905. The van der Waals surface area contributed by atoms with E-state index in [4.69, 9.17) is 0 Å². The van der Waals surface area contributed by atoms with Crippen LogP contribution in [0.15, 0.2) is 6.20 Å². The molecule has 0 saturated carbocycles. The summed E-state index contributed by atoms with van der Waals surface area (Å²) in [6.07, 6.45) is 4.01. The molecule has 1 aromatic heterocycles. The average Bonchev–Trinajstić information content (AvgIpc) is 3.01. The van der Waals surface area contributed by atoms with Crippen molar-refractivity contribution in [2.75, 3.05) is 6.54 Å². The smallest absolute Gasteiger partial charge is 0.329 e. The predicted molar refractivity (Wildman–Crippen MR) is 73.5 cm³/mol. The molecule has 1 aliphatic rings. The molecule has 0 radical (unpaired) electrons. The van der Waals surface area contributed by atoms with Crippen molar-refractivity contribution in [3.05, 3.63) is 17.5 Å². The summed E-state index contributed by atoms with van der Waals surface area (Å²) in [6, 6.07) is 0. The Morgan fingerprint density at radius 3 is 2.70 bits per heavy atom. The molecule has 20 heavy (non-hydrogen) atoms. The molecular formula is C14H21N3O3. The standard InChI is InChI=1S/C14H21N3O3/c1-4-11-10(9-16(3)15-11)12(18)17-8-6-7-14(17,5-2)13(19)20/h9H,4-8H2,1-3H3,(H,19,20). The van der Waals surface area contributed by atoms with Gasteiger partial charge in [-0.25, -0.2) is 4.79 Å². The van der Waals surface area contributed by atoms with Crippen LogP contribution in [0.5, 0.6) is 0 Å². The Morgan fingerprint density at radius 1 is 1.45 bits per heavy atom. The zero-order valence-corrected chi connectivity index (χ0v) is 12.2. The van der Waals surface area contributed by atoms with Crippen molar-refractivity contribution >= 4 is 11.9 Å². The van der Waals surface area contributed by atoms with E-state index < -0.39 is 11.5 Å². The van der Waals surface area contributed by atoms with Crippen LogP contribution in [0, 0.1) is 0 Å². The van der Waals surface area contributed by atoms with Gasteiger partial charge in [-0.2, -0.15) is 5.10 Å². The zero-order valence-electron chi connectivity index (χ0n) is 12.2.